The van der Waals surface area contributed by atoms with E-state index >= 15 is 0 Å². The summed E-state index contributed by atoms with van der Waals surface area (Å²) in [4.78, 5) is 11.5. The van der Waals surface area contributed by atoms with Gasteiger partial charge in [0.15, 0.2) is 0 Å². The number of hydrogen-bond acceptors (Lipinski definition) is 3. The molecule has 0 aliphatic heterocycles. The molecule has 0 aromatic rings. The highest BCUT2D eigenvalue weighted by Gasteiger charge is 2.09. The third kappa shape index (κ3) is 16.0. The molecule has 0 saturated heterocycles. The van der Waals surface area contributed by atoms with Crippen molar-refractivity contribution in [3.8, 4) is 0 Å². The second-order valence-electron chi connectivity index (χ2n) is 6.62. The highest BCUT2D eigenvalue weighted by atomic mass is 16.3. The van der Waals surface area contributed by atoms with Gasteiger partial charge in [-0.25, -0.2) is 0 Å². The molecular weight excluding hydrogens is 290 g/mol. The standard InChI is InChI=1S/C19H39NO3/c1-2-3-4-5-6-7-8-9-10-11-12-13-14-15-19(23)20-18(16-21)17-22/h18,21-22H,2-17H2,1H3,(H,20,23). The molecule has 1 amide bonds. The Morgan fingerprint density at radius 1 is 0.739 bits per heavy atom. The Kier molecular flexibility index (Phi) is 17.3. The van der Waals surface area contributed by atoms with Crippen molar-refractivity contribution in [2.75, 3.05) is 13.2 Å². The van der Waals surface area contributed by atoms with Crippen molar-refractivity contribution in [2.24, 2.45) is 0 Å². The van der Waals surface area contributed by atoms with Crippen LogP contribution in [0.15, 0.2) is 0 Å². The Morgan fingerprint density at radius 3 is 1.52 bits per heavy atom. The number of carbonyl (C=O) groups is 1. The lowest BCUT2D eigenvalue weighted by atomic mass is 10.0. The molecule has 0 fully saturated rings. The van der Waals surface area contributed by atoms with E-state index in [1.54, 1.807) is 0 Å². The molecule has 0 bridgehead atoms. The highest BCUT2D eigenvalue weighted by Crippen LogP contribution is 2.12. The van der Waals surface area contributed by atoms with E-state index in [1.165, 1.54) is 70.6 Å². The summed E-state index contributed by atoms with van der Waals surface area (Å²) < 4.78 is 0. The zero-order valence-corrected chi connectivity index (χ0v) is 15.2. The monoisotopic (exact) mass is 329 g/mol. The Morgan fingerprint density at radius 2 is 1.13 bits per heavy atom. The van der Waals surface area contributed by atoms with E-state index in [0.717, 1.165) is 12.8 Å². The zero-order chi connectivity index (χ0) is 17.2. The average Bonchev–Trinajstić information content (AvgIpc) is 2.56. The van der Waals surface area contributed by atoms with Crippen molar-refractivity contribution < 1.29 is 15.0 Å². The smallest absolute Gasteiger partial charge is 0.220 e. The molecule has 3 N–H and O–H groups in total. The van der Waals surface area contributed by atoms with Crippen LogP contribution in [0.2, 0.25) is 0 Å². The molecular formula is C19H39NO3. The van der Waals surface area contributed by atoms with Gasteiger partial charge in [-0.15, -0.1) is 0 Å². The van der Waals surface area contributed by atoms with Crippen LogP contribution in [0.3, 0.4) is 0 Å². The minimum absolute atomic E-state index is 0.0684. The number of aliphatic hydroxyl groups excluding tert-OH is 2. The Bertz CT molecular complexity index is 255. The van der Waals surface area contributed by atoms with E-state index < -0.39 is 6.04 Å². The van der Waals surface area contributed by atoms with Gasteiger partial charge in [0, 0.05) is 6.42 Å². The number of unbranched alkanes of at least 4 members (excludes halogenated alkanes) is 12. The molecule has 0 rings (SSSR count). The average molecular weight is 330 g/mol. The Labute approximate surface area is 143 Å². The predicted molar refractivity (Wildman–Crippen MR) is 96.4 cm³/mol. The molecule has 0 aromatic heterocycles. The molecule has 0 aliphatic carbocycles. The van der Waals surface area contributed by atoms with Crippen LogP contribution < -0.4 is 5.32 Å². The zero-order valence-electron chi connectivity index (χ0n) is 15.2. The second kappa shape index (κ2) is 17.7. The molecule has 0 atom stereocenters. The summed E-state index contributed by atoms with van der Waals surface area (Å²) in [7, 11) is 0. The van der Waals surface area contributed by atoms with Gasteiger partial charge in [-0.1, -0.05) is 84.0 Å². The van der Waals surface area contributed by atoms with Crippen LogP contribution in [0.25, 0.3) is 0 Å². The van der Waals surface area contributed by atoms with Crippen LogP contribution in [0.1, 0.15) is 96.8 Å². The van der Waals surface area contributed by atoms with E-state index in [2.05, 4.69) is 12.2 Å². The second-order valence-corrected chi connectivity index (χ2v) is 6.62. The van der Waals surface area contributed by atoms with Gasteiger partial charge in [0.05, 0.1) is 19.3 Å². The molecule has 0 aromatic carbocycles. The topological polar surface area (TPSA) is 69.6 Å². The largest absolute Gasteiger partial charge is 0.394 e. The van der Waals surface area contributed by atoms with E-state index in [-0.39, 0.29) is 19.1 Å². The quantitative estimate of drug-likeness (QED) is 0.354. The first-order valence-electron chi connectivity index (χ1n) is 9.75. The number of nitrogens with one attached hydrogen (secondary N) is 1. The molecule has 0 aliphatic rings. The van der Waals surface area contributed by atoms with Gasteiger partial charge < -0.3 is 15.5 Å². The molecule has 23 heavy (non-hydrogen) atoms. The van der Waals surface area contributed by atoms with Crippen LogP contribution in [0, 0.1) is 0 Å². The minimum atomic E-state index is -0.510. The van der Waals surface area contributed by atoms with E-state index in [0.29, 0.717) is 6.42 Å². The van der Waals surface area contributed by atoms with Gasteiger partial charge in [0.25, 0.3) is 0 Å². The summed E-state index contributed by atoms with van der Waals surface area (Å²) in [5.74, 6) is -0.0684. The van der Waals surface area contributed by atoms with Crippen molar-refractivity contribution in [1.29, 1.82) is 0 Å². The van der Waals surface area contributed by atoms with Crippen molar-refractivity contribution in [2.45, 2.75) is 103 Å². The number of hydrogen-bond donors (Lipinski definition) is 3. The van der Waals surface area contributed by atoms with Gasteiger partial charge in [-0.2, -0.15) is 0 Å². The first kappa shape index (κ1) is 22.4. The molecule has 4 heteroatoms. The Balaban J connectivity index is 3.20. The third-order valence-electron chi connectivity index (χ3n) is 4.31. The van der Waals surface area contributed by atoms with Gasteiger partial charge in [-0.05, 0) is 6.42 Å². The van der Waals surface area contributed by atoms with Crippen molar-refractivity contribution >= 4 is 5.91 Å². The van der Waals surface area contributed by atoms with Crippen molar-refractivity contribution in [3.63, 3.8) is 0 Å². The van der Waals surface area contributed by atoms with Gasteiger partial charge in [-0.3, -0.25) is 4.79 Å². The lowest BCUT2D eigenvalue weighted by Crippen LogP contribution is -2.39. The maximum atomic E-state index is 11.5. The van der Waals surface area contributed by atoms with Gasteiger partial charge in [0.2, 0.25) is 5.91 Å². The maximum Gasteiger partial charge on any atom is 0.220 e. The highest BCUT2D eigenvalue weighted by molar-refractivity contribution is 5.76. The first-order chi connectivity index (χ1) is 11.2. The minimum Gasteiger partial charge on any atom is -0.394 e. The summed E-state index contributed by atoms with van der Waals surface area (Å²) >= 11 is 0. The van der Waals surface area contributed by atoms with Crippen LogP contribution in [0.4, 0.5) is 0 Å². The lowest BCUT2D eigenvalue weighted by molar-refractivity contribution is -0.122. The van der Waals surface area contributed by atoms with E-state index in [4.69, 9.17) is 10.2 Å². The van der Waals surface area contributed by atoms with Gasteiger partial charge >= 0.3 is 0 Å². The molecule has 138 valence electrons. The molecule has 0 saturated carbocycles. The third-order valence-corrected chi connectivity index (χ3v) is 4.31. The fourth-order valence-corrected chi connectivity index (χ4v) is 2.75. The van der Waals surface area contributed by atoms with Crippen LogP contribution >= 0.6 is 0 Å². The molecule has 0 radical (unpaired) electrons. The summed E-state index contributed by atoms with van der Waals surface area (Å²) in [6.45, 7) is 1.84. The number of amides is 1. The summed E-state index contributed by atoms with van der Waals surface area (Å²) in [5.41, 5.74) is 0. The van der Waals surface area contributed by atoms with Crippen LogP contribution in [-0.2, 0) is 4.79 Å². The van der Waals surface area contributed by atoms with Crippen LogP contribution in [-0.4, -0.2) is 35.4 Å². The molecule has 0 spiro atoms. The van der Waals surface area contributed by atoms with E-state index in [1.807, 2.05) is 0 Å². The van der Waals surface area contributed by atoms with E-state index in [9.17, 15) is 4.79 Å². The predicted octanol–water partition coefficient (Wildman–Crippen LogP) is 3.94. The molecule has 0 heterocycles. The number of aliphatic hydroxyl groups is 2. The summed E-state index contributed by atoms with van der Waals surface area (Å²) in [5, 5.41) is 20.4. The Hall–Kier alpha value is -0.610. The fourth-order valence-electron chi connectivity index (χ4n) is 2.75. The summed E-state index contributed by atoms with van der Waals surface area (Å²) in [6.07, 6.45) is 17.3. The van der Waals surface area contributed by atoms with Crippen LogP contribution in [0.5, 0.6) is 0 Å². The number of rotatable bonds is 17. The molecule has 4 nitrogen and oxygen atoms in total. The normalized spacial score (nSPS) is 11.1. The maximum absolute atomic E-state index is 11.5. The lowest BCUT2D eigenvalue weighted by Gasteiger charge is -2.12. The van der Waals surface area contributed by atoms with Gasteiger partial charge in [0.1, 0.15) is 0 Å². The SMILES string of the molecule is CCCCCCCCCCCCCCCC(=O)NC(CO)CO. The number of carbonyl (C=O) groups excluding carboxylic acids is 1. The first-order valence-corrected chi connectivity index (χ1v) is 9.75. The van der Waals surface area contributed by atoms with Crippen molar-refractivity contribution in [1.82, 2.24) is 5.32 Å². The molecule has 0 unspecified atom stereocenters. The fraction of sp³-hybridized carbons (Fsp3) is 0.947. The van der Waals surface area contributed by atoms with Crippen molar-refractivity contribution in [3.05, 3.63) is 0 Å². The summed E-state index contributed by atoms with van der Waals surface area (Å²) in [6, 6.07) is -0.510.